The Balaban J connectivity index is 1.84. The third-order valence-electron chi connectivity index (χ3n) is 4.56. The molecule has 0 spiro atoms. The first-order valence-electron chi connectivity index (χ1n) is 8.12. The lowest BCUT2D eigenvalue weighted by molar-refractivity contribution is -0.332. The number of methoxy groups -OCH3 is 1. The van der Waals surface area contributed by atoms with Crippen molar-refractivity contribution in [1.82, 2.24) is 5.32 Å². The van der Waals surface area contributed by atoms with E-state index >= 15 is 0 Å². The van der Waals surface area contributed by atoms with E-state index in [1.54, 1.807) is 24.3 Å². The van der Waals surface area contributed by atoms with Gasteiger partial charge in [0.25, 0.3) is 0 Å². The lowest BCUT2D eigenvalue weighted by atomic mass is 9.83. The van der Waals surface area contributed by atoms with E-state index in [-0.39, 0.29) is 13.0 Å². The van der Waals surface area contributed by atoms with Crippen molar-refractivity contribution in [3.05, 3.63) is 35.9 Å². The van der Waals surface area contributed by atoms with Crippen molar-refractivity contribution >= 4 is 5.91 Å². The lowest BCUT2D eigenvalue weighted by Crippen LogP contribution is -2.68. The third-order valence-corrected chi connectivity index (χ3v) is 4.56. The molecule has 9 heteroatoms. The van der Waals surface area contributed by atoms with E-state index in [0.29, 0.717) is 0 Å². The molecule has 0 aromatic heterocycles. The van der Waals surface area contributed by atoms with Crippen LogP contribution in [0, 0.1) is 0 Å². The zero-order valence-electron chi connectivity index (χ0n) is 14.3. The third kappa shape index (κ3) is 3.85. The molecular formula is C17H20F3NO5. The monoisotopic (exact) mass is 375 g/mol. The van der Waals surface area contributed by atoms with Crippen LogP contribution in [0.25, 0.3) is 0 Å². The van der Waals surface area contributed by atoms with Gasteiger partial charge in [-0.1, -0.05) is 30.3 Å². The van der Waals surface area contributed by atoms with E-state index in [1.165, 1.54) is 14.0 Å². The summed E-state index contributed by atoms with van der Waals surface area (Å²) in [5.74, 6) is -2.03. The molecular weight excluding hydrogens is 355 g/mol. The van der Waals surface area contributed by atoms with Crippen LogP contribution in [0.4, 0.5) is 13.2 Å². The van der Waals surface area contributed by atoms with Gasteiger partial charge in [-0.3, -0.25) is 4.79 Å². The van der Waals surface area contributed by atoms with E-state index in [2.05, 4.69) is 5.32 Å². The number of hydrogen-bond acceptors (Lipinski definition) is 5. The summed E-state index contributed by atoms with van der Waals surface area (Å²) in [4.78, 5) is 11.6. The molecule has 5 atom stereocenters. The number of benzene rings is 1. The number of ether oxygens (including phenoxy) is 4. The molecule has 2 aliphatic heterocycles. The summed E-state index contributed by atoms with van der Waals surface area (Å²) in [6, 6.07) is 9.01. The highest BCUT2D eigenvalue weighted by molar-refractivity contribution is 5.82. The summed E-state index contributed by atoms with van der Waals surface area (Å²) in [6.07, 6.45) is -8.04. The quantitative estimate of drug-likeness (QED) is 0.878. The minimum atomic E-state index is -5.00. The van der Waals surface area contributed by atoms with Crippen LogP contribution in [0.2, 0.25) is 0 Å². The summed E-state index contributed by atoms with van der Waals surface area (Å²) >= 11 is 0. The van der Waals surface area contributed by atoms with Gasteiger partial charge in [-0.15, -0.1) is 0 Å². The van der Waals surface area contributed by atoms with Gasteiger partial charge in [0.15, 0.2) is 12.6 Å². The van der Waals surface area contributed by atoms with Gasteiger partial charge in [0.2, 0.25) is 0 Å². The van der Waals surface area contributed by atoms with Crippen LogP contribution in [-0.2, 0) is 23.7 Å². The number of amides is 1. The summed E-state index contributed by atoms with van der Waals surface area (Å²) in [7, 11) is 1.38. The van der Waals surface area contributed by atoms with Gasteiger partial charge in [-0.05, 0) is 6.92 Å². The first-order chi connectivity index (χ1) is 12.2. The first-order valence-corrected chi connectivity index (χ1v) is 8.12. The molecule has 0 bridgehead atoms. The van der Waals surface area contributed by atoms with Crippen molar-refractivity contribution in [2.75, 3.05) is 13.7 Å². The Bertz CT molecular complexity index is 641. The Labute approximate surface area is 148 Å². The highest BCUT2D eigenvalue weighted by atomic mass is 19.4. The predicted octanol–water partition coefficient (Wildman–Crippen LogP) is 2.30. The number of halogens is 3. The molecule has 1 aromatic carbocycles. The van der Waals surface area contributed by atoms with E-state index in [0.717, 1.165) is 5.56 Å². The van der Waals surface area contributed by atoms with E-state index < -0.39 is 42.4 Å². The van der Waals surface area contributed by atoms with Crippen LogP contribution < -0.4 is 5.32 Å². The average Bonchev–Trinajstić information content (AvgIpc) is 2.61. The molecule has 0 unspecified atom stereocenters. The van der Waals surface area contributed by atoms with Crippen LogP contribution in [0.3, 0.4) is 0 Å². The fourth-order valence-electron chi connectivity index (χ4n) is 3.28. The SMILES string of the molecule is CO[C@@H]1C[C@](C)(NC(=O)C(F)(F)F)[C@@H]2O[C@H](c3ccccc3)OC[C@H]2O1. The molecule has 2 fully saturated rings. The maximum atomic E-state index is 12.8. The molecule has 0 radical (unpaired) electrons. The van der Waals surface area contributed by atoms with Crippen molar-refractivity contribution in [2.45, 2.75) is 49.8 Å². The van der Waals surface area contributed by atoms with Crippen LogP contribution in [0.5, 0.6) is 0 Å². The Morgan fingerprint density at radius 3 is 2.58 bits per heavy atom. The Morgan fingerprint density at radius 1 is 1.27 bits per heavy atom. The molecule has 2 aliphatic rings. The van der Waals surface area contributed by atoms with Crippen LogP contribution in [-0.4, -0.2) is 49.8 Å². The van der Waals surface area contributed by atoms with E-state index in [4.69, 9.17) is 18.9 Å². The molecule has 6 nitrogen and oxygen atoms in total. The number of alkyl halides is 3. The summed E-state index contributed by atoms with van der Waals surface area (Å²) in [5.41, 5.74) is -0.614. The smallest absolute Gasteiger partial charge is 0.356 e. The fraction of sp³-hybridized carbons (Fsp3) is 0.588. The van der Waals surface area contributed by atoms with Crippen molar-refractivity contribution in [2.24, 2.45) is 0 Å². The highest BCUT2D eigenvalue weighted by Crippen LogP contribution is 2.39. The van der Waals surface area contributed by atoms with Crippen molar-refractivity contribution in [3.63, 3.8) is 0 Å². The fourth-order valence-corrected chi connectivity index (χ4v) is 3.28. The Hall–Kier alpha value is -1.68. The van der Waals surface area contributed by atoms with Gasteiger partial charge in [0, 0.05) is 19.1 Å². The zero-order valence-corrected chi connectivity index (χ0v) is 14.3. The predicted molar refractivity (Wildman–Crippen MR) is 82.9 cm³/mol. The molecule has 144 valence electrons. The summed E-state index contributed by atoms with van der Waals surface area (Å²) < 4.78 is 60.7. The molecule has 0 aliphatic carbocycles. The maximum Gasteiger partial charge on any atom is 0.471 e. The van der Waals surface area contributed by atoms with Gasteiger partial charge in [-0.2, -0.15) is 13.2 Å². The second-order valence-electron chi connectivity index (χ2n) is 6.55. The minimum absolute atomic E-state index is 0.00793. The summed E-state index contributed by atoms with van der Waals surface area (Å²) in [5, 5.41) is 2.07. The number of nitrogens with one attached hydrogen (secondary N) is 1. The molecule has 1 aromatic rings. The molecule has 3 rings (SSSR count). The first kappa shape index (κ1) is 19.1. The van der Waals surface area contributed by atoms with Crippen LogP contribution in [0.1, 0.15) is 25.2 Å². The Kier molecular flexibility index (Phi) is 5.25. The van der Waals surface area contributed by atoms with Crippen LogP contribution >= 0.6 is 0 Å². The van der Waals surface area contributed by atoms with Gasteiger partial charge in [-0.25, -0.2) is 0 Å². The summed E-state index contributed by atoms with van der Waals surface area (Å²) in [6.45, 7) is 1.60. The minimum Gasteiger partial charge on any atom is -0.356 e. The molecule has 26 heavy (non-hydrogen) atoms. The van der Waals surface area contributed by atoms with Gasteiger partial charge >= 0.3 is 12.1 Å². The topological polar surface area (TPSA) is 66.0 Å². The van der Waals surface area contributed by atoms with Crippen molar-refractivity contribution in [1.29, 1.82) is 0 Å². The molecule has 2 saturated heterocycles. The average molecular weight is 375 g/mol. The molecule has 2 heterocycles. The van der Waals surface area contributed by atoms with Gasteiger partial charge in [0.05, 0.1) is 12.1 Å². The zero-order chi connectivity index (χ0) is 18.9. The Morgan fingerprint density at radius 2 is 1.96 bits per heavy atom. The van der Waals surface area contributed by atoms with Crippen molar-refractivity contribution in [3.8, 4) is 0 Å². The van der Waals surface area contributed by atoms with E-state index in [1.807, 2.05) is 6.07 Å². The van der Waals surface area contributed by atoms with Gasteiger partial charge in [0.1, 0.15) is 12.2 Å². The second-order valence-corrected chi connectivity index (χ2v) is 6.55. The lowest BCUT2D eigenvalue weighted by Gasteiger charge is -2.51. The van der Waals surface area contributed by atoms with Gasteiger partial charge < -0.3 is 24.3 Å². The van der Waals surface area contributed by atoms with E-state index in [9.17, 15) is 18.0 Å². The standard InChI is InChI=1S/C17H20F3NO5/c1-16(21-15(22)17(18,19)20)8-12(23-2)25-11-9-24-14(26-13(11)16)10-6-4-3-5-7-10/h3-7,11-14H,8-9H2,1-2H3,(H,21,22)/t11-,12+,13-,14-,16+/m1/s1. The molecule has 1 N–H and O–H groups in total. The number of hydrogen-bond donors (Lipinski definition) is 1. The maximum absolute atomic E-state index is 12.8. The second kappa shape index (κ2) is 7.15. The van der Waals surface area contributed by atoms with Crippen molar-refractivity contribution < 1.29 is 36.9 Å². The number of carbonyl (C=O) groups is 1. The highest BCUT2D eigenvalue weighted by Gasteiger charge is 2.54. The number of fused-ring (bicyclic) bond motifs is 1. The molecule has 0 saturated carbocycles. The number of rotatable bonds is 3. The molecule has 1 amide bonds. The largest absolute Gasteiger partial charge is 0.471 e. The van der Waals surface area contributed by atoms with Crippen LogP contribution in [0.15, 0.2) is 30.3 Å². The number of carbonyl (C=O) groups excluding carboxylic acids is 1. The normalized spacial score (nSPS) is 34.8.